The Hall–Kier alpha value is -8.52. The van der Waals surface area contributed by atoms with E-state index in [1.807, 2.05) is 0 Å². The number of phenolic OH excluding ortho intramolecular Hbond substituents is 1. The van der Waals surface area contributed by atoms with Gasteiger partial charge in [-0.3, -0.25) is 102 Å². The van der Waals surface area contributed by atoms with Crippen LogP contribution in [0.4, 0.5) is 0 Å². The maximum atomic E-state index is 14.5. The van der Waals surface area contributed by atoms with Gasteiger partial charge in [0.15, 0.2) is 0 Å². The summed E-state index contributed by atoms with van der Waals surface area (Å²) in [7, 11) is 0. The quantitative estimate of drug-likeness (QED) is 0.0281. The Bertz CT molecular complexity index is 2590. The molecular weight excluding hydrogens is 1210 g/mol. The lowest BCUT2D eigenvalue weighted by atomic mass is 10.0. The van der Waals surface area contributed by atoms with Crippen LogP contribution in [-0.4, -0.2) is 355 Å². The molecule has 2 heterocycles. The number of benzene rings is 1. The van der Waals surface area contributed by atoms with E-state index in [-0.39, 0.29) is 130 Å². The fourth-order valence-electron chi connectivity index (χ4n) is 10.2. The highest BCUT2D eigenvalue weighted by molar-refractivity contribution is 5.93. The summed E-state index contributed by atoms with van der Waals surface area (Å²) in [6, 6.07) is -2.52. The number of carboxylic acids is 9. The van der Waals surface area contributed by atoms with E-state index in [1.54, 1.807) is 0 Å². The van der Waals surface area contributed by atoms with Crippen molar-refractivity contribution in [2.75, 3.05) is 151 Å². The van der Waals surface area contributed by atoms with Gasteiger partial charge in [0, 0.05) is 137 Å². The second-order valence-corrected chi connectivity index (χ2v) is 21.9. The van der Waals surface area contributed by atoms with Crippen molar-refractivity contribution >= 4 is 83.6 Å². The third-order valence-corrected chi connectivity index (χ3v) is 15.0. The number of rotatable bonds is 35. The zero-order valence-corrected chi connectivity index (χ0v) is 50.3. The van der Waals surface area contributed by atoms with Crippen LogP contribution in [0.1, 0.15) is 44.1 Å². The lowest BCUT2D eigenvalue weighted by Gasteiger charge is -2.35. The lowest BCUT2D eigenvalue weighted by molar-refractivity contribution is -0.145. The van der Waals surface area contributed by atoms with Gasteiger partial charge in [-0.15, -0.1) is 0 Å². The second-order valence-electron chi connectivity index (χ2n) is 21.9. The van der Waals surface area contributed by atoms with Crippen molar-refractivity contribution in [1.82, 2.24) is 60.5 Å². The van der Waals surface area contributed by atoms with Gasteiger partial charge in [0.1, 0.15) is 36.2 Å². The van der Waals surface area contributed by atoms with E-state index in [1.165, 1.54) is 63.5 Å². The van der Waals surface area contributed by atoms with Gasteiger partial charge in [0.2, 0.25) is 23.6 Å². The first-order valence-corrected chi connectivity index (χ1v) is 29.2. The number of carbonyl (C=O) groups excluding carboxylic acids is 5. The highest BCUT2D eigenvalue weighted by Crippen LogP contribution is 2.15. The van der Waals surface area contributed by atoms with Crippen molar-refractivity contribution in [2.24, 2.45) is 0 Å². The molecule has 3 rings (SSSR count). The zero-order chi connectivity index (χ0) is 67.7. The summed E-state index contributed by atoms with van der Waals surface area (Å²) in [5, 5.41) is 108. The van der Waals surface area contributed by atoms with Gasteiger partial charge in [-0.2, -0.15) is 0 Å². The maximum absolute atomic E-state index is 14.5. The minimum atomic E-state index is -1.84. The molecule has 4 amide bonds. The number of hydrogen-bond acceptors (Lipinski definition) is 23. The number of aromatic hydroxyl groups is 1. The number of amides is 4. The molecular formula is C55H84N12O24. The summed E-state index contributed by atoms with van der Waals surface area (Å²) in [4.78, 5) is 188. The first kappa shape index (κ1) is 76.7. The molecule has 0 bridgehead atoms. The fourth-order valence-corrected chi connectivity index (χ4v) is 10.2. The van der Waals surface area contributed by atoms with E-state index >= 15 is 0 Å². The number of carbonyl (C=O) groups is 14. The van der Waals surface area contributed by atoms with Crippen LogP contribution < -0.4 is 21.3 Å². The Morgan fingerprint density at radius 3 is 1.04 bits per heavy atom. The largest absolute Gasteiger partial charge is 0.508 e. The van der Waals surface area contributed by atoms with Gasteiger partial charge in [-0.05, 0) is 37.0 Å². The van der Waals surface area contributed by atoms with Crippen LogP contribution in [0.5, 0.6) is 5.75 Å². The highest BCUT2D eigenvalue weighted by atomic mass is 16.4. The van der Waals surface area contributed by atoms with Crippen LogP contribution in [0.25, 0.3) is 0 Å². The predicted molar refractivity (Wildman–Crippen MR) is 312 cm³/mol. The van der Waals surface area contributed by atoms with Crippen LogP contribution in [0.3, 0.4) is 0 Å². The Morgan fingerprint density at radius 2 is 0.725 bits per heavy atom. The molecule has 0 radical (unpaired) electrons. The molecule has 1 aromatic carbocycles. The average Bonchev–Trinajstić information content (AvgIpc) is 1.26. The summed E-state index contributed by atoms with van der Waals surface area (Å²) < 4.78 is 0. The third kappa shape index (κ3) is 31.7. The SMILES string of the molecule is O=C[C@@H](CCC(=O)O)NC(=O)[C@H](Cc1ccc(O)cc1)NC(=O)[C@H](CNC(=O)CCC(C(=O)O)N1CCN(CC(=O)O)CCN(CC(=O)O)CCN(CC(=O)O)CC1)NC(=O)CCC(C(=O)O)N1CCN(CC(=O)O)CCN(CC(=O)O)CCN(CC(=O)O)CC1. The molecule has 14 N–H and O–H groups in total. The van der Waals surface area contributed by atoms with Gasteiger partial charge in [0.25, 0.3) is 0 Å². The number of nitrogens with one attached hydrogen (secondary N) is 4. The number of aliphatic carboxylic acids is 9. The van der Waals surface area contributed by atoms with Gasteiger partial charge < -0.3 is 77.1 Å². The van der Waals surface area contributed by atoms with Crippen LogP contribution in [0.2, 0.25) is 0 Å². The van der Waals surface area contributed by atoms with Gasteiger partial charge in [-0.25, -0.2) is 0 Å². The van der Waals surface area contributed by atoms with Gasteiger partial charge >= 0.3 is 53.7 Å². The predicted octanol–water partition coefficient (Wildman–Crippen LogP) is -6.01. The molecule has 2 aliphatic heterocycles. The summed E-state index contributed by atoms with van der Waals surface area (Å²) in [6.45, 7) is -4.37. The lowest BCUT2D eigenvalue weighted by Crippen LogP contribution is -2.58. The molecule has 508 valence electrons. The van der Waals surface area contributed by atoms with Crippen molar-refractivity contribution in [3.05, 3.63) is 29.8 Å². The molecule has 36 heteroatoms. The highest BCUT2D eigenvalue weighted by Gasteiger charge is 2.34. The summed E-state index contributed by atoms with van der Waals surface area (Å²) in [5.41, 5.74) is 0.330. The van der Waals surface area contributed by atoms with E-state index in [2.05, 4.69) is 21.3 Å². The fraction of sp³-hybridized carbons (Fsp3) is 0.636. The topological polar surface area (TPSA) is 515 Å². The molecule has 0 saturated carbocycles. The molecule has 91 heavy (non-hydrogen) atoms. The molecule has 0 aromatic heterocycles. The number of phenols is 1. The molecule has 2 fully saturated rings. The first-order chi connectivity index (χ1) is 43.0. The van der Waals surface area contributed by atoms with Crippen LogP contribution in [-0.2, 0) is 73.5 Å². The molecule has 2 aliphatic rings. The zero-order valence-electron chi connectivity index (χ0n) is 50.3. The van der Waals surface area contributed by atoms with Crippen molar-refractivity contribution in [3.63, 3.8) is 0 Å². The van der Waals surface area contributed by atoms with Crippen LogP contribution >= 0.6 is 0 Å². The Morgan fingerprint density at radius 1 is 0.396 bits per heavy atom. The average molecular weight is 1300 g/mol. The normalized spacial score (nSPS) is 18.1. The minimum absolute atomic E-state index is 0.00798. The van der Waals surface area contributed by atoms with E-state index in [0.29, 0.717) is 5.56 Å². The Kier molecular flexibility index (Phi) is 34.0. The molecule has 0 aliphatic carbocycles. The van der Waals surface area contributed by atoms with Crippen molar-refractivity contribution < 1.29 is 118 Å². The van der Waals surface area contributed by atoms with Crippen molar-refractivity contribution in [3.8, 4) is 5.75 Å². The molecule has 1 aromatic rings. The van der Waals surface area contributed by atoms with E-state index in [4.69, 9.17) is 0 Å². The minimum Gasteiger partial charge on any atom is -0.508 e. The summed E-state index contributed by atoms with van der Waals surface area (Å²) in [6.07, 6.45) is -3.18. The molecule has 2 saturated heterocycles. The van der Waals surface area contributed by atoms with Crippen LogP contribution in [0.15, 0.2) is 24.3 Å². The van der Waals surface area contributed by atoms with Gasteiger partial charge in [0.05, 0.1) is 45.3 Å². The van der Waals surface area contributed by atoms with E-state index < -0.39 is 185 Å². The second kappa shape index (κ2) is 40.3. The summed E-state index contributed by atoms with van der Waals surface area (Å²) >= 11 is 0. The van der Waals surface area contributed by atoms with Crippen LogP contribution in [0, 0.1) is 0 Å². The molecule has 5 atom stereocenters. The number of aldehydes is 1. The maximum Gasteiger partial charge on any atom is 0.320 e. The van der Waals surface area contributed by atoms with Gasteiger partial charge in [-0.1, -0.05) is 12.1 Å². The number of carboxylic acid groups (broad SMARTS) is 9. The third-order valence-electron chi connectivity index (χ3n) is 15.0. The van der Waals surface area contributed by atoms with E-state index in [0.717, 1.165) is 0 Å². The monoisotopic (exact) mass is 1300 g/mol. The van der Waals surface area contributed by atoms with Crippen molar-refractivity contribution in [1.29, 1.82) is 0 Å². The number of nitrogens with zero attached hydrogens (tertiary/aromatic N) is 8. The first-order valence-electron chi connectivity index (χ1n) is 29.2. The summed E-state index contributed by atoms with van der Waals surface area (Å²) in [5.74, 6) is -15.8. The standard InChI is InChI=1S/C55H84N12O24/c68-35-37(3-10-45(72)73)57-52(86)39(27-36-1-4-38(69)5-2-36)59-53(87)40(58-44(71)9-7-42(55(90)91)67-25-21-64(33-50(82)83)17-13-61(30-47(76)77)14-18-65(22-26-67)34-51(84)85)28-56-43(70)8-6-41(54(88)89)66-23-19-62(31-48(78)79)15-11-60(29-46(74)75)12-16-63(20-24-66)32-49(80)81/h1-2,4-5,35,37,39-42,69H,3,6-34H2,(H,56,70)(H,57,86)(H,58,71)(H,59,87)(H,72,73)(H,74,75)(H,76,77)(H,78,79)(H,80,81)(H,82,83)(H,84,85)(H,88,89)(H,90,91)/t37-,39+,40+,41?,42?/m1/s1. The Labute approximate surface area is 522 Å². The molecule has 2 unspecified atom stereocenters. The number of hydrogen-bond donors (Lipinski definition) is 14. The Balaban J connectivity index is 1.99. The van der Waals surface area contributed by atoms with E-state index in [9.17, 15) is 118 Å². The molecule has 36 nitrogen and oxygen atoms in total. The smallest absolute Gasteiger partial charge is 0.320 e. The molecule has 0 spiro atoms. The van der Waals surface area contributed by atoms with Crippen molar-refractivity contribution in [2.45, 2.75) is 75.2 Å².